The van der Waals surface area contributed by atoms with Crippen molar-refractivity contribution in [3.63, 3.8) is 0 Å². The van der Waals surface area contributed by atoms with Crippen LogP contribution >= 0.6 is 39.1 Å². The van der Waals surface area contributed by atoms with E-state index in [1.807, 2.05) is 0 Å². The van der Waals surface area contributed by atoms with E-state index in [1.54, 1.807) is 24.3 Å². The normalized spacial score (nSPS) is 10.4. The second-order valence-corrected chi connectivity index (χ2v) is 5.69. The number of carbonyl (C=O) groups is 1. The topological polar surface area (TPSA) is 46.5 Å². The molecule has 2 rings (SSSR count). The quantitative estimate of drug-likeness (QED) is 0.808. The van der Waals surface area contributed by atoms with Gasteiger partial charge in [0.25, 0.3) is 0 Å². The largest absolute Gasteiger partial charge is 0.495 e. The number of benzene rings is 2. The average molecular weight is 376 g/mol. The van der Waals surface area contributed by atoms with Crippen molar-refractivity contribution in [1.29, 1.82) is 0 Å². The summed E-state index contributed by atoms with van der Waals surface area (Å²) in [5.74, 6) is -0.598. The van der Waals surface area contributed by atoms with Gasteiger partial charge < -0.3 is 9.84 Å². The molecule has 20 heavy (non-hydrogen) atoms. The highest BCUT2D eigenvalue weighted by Crippen LogP contribution is 2.38. The molecule has 2 aromatic carbocycles. The first-order valence-corrected chi connectivity index (χ1v) is 7.05. The van der Waals surface area contributed by atoms with Gasteiger partial charge >= 0.3 is 5.97 Å². The monoisotopic (exact) mass is 374 g/mol. The lowest BCUT2D eigenvalue weighted by Crippen LogP contribution is -2.00. The van der Waals surface area contributed by atoms with Crippen LogP contribution in [0.5, 0.6) is 5.75 Å². The second-order valence-electron chi connectivity index (χ2n) is 3.96. The predicted molar refractivity (Wildman–Crippen MR) is 83.1 cm³/mol. The third-order valence-corrected chi connectivity index (χ3v) is 3.85. The lowest BCUT2D eigenvalue weighted by atomic mass is 9.99. The van der Waals surface area contributed by atoms with Crippen molar-refractivity contribution in [1.82, 2.24) is 0 Å². The number of halogens is 3. The van der Waals surface area contributed by atoms with Crippen LogP contribution in [-0.4, -0.2) is 18.2 Å². The Labute approximate surface area is 134 Å². The maximum Gasteiger partial charge on any atom is 0.336 e. The summed E-state index contributed by atoms with van der Waals surface area (Å²) in [5, 5.41) is 10.0. The van der Waals surface area contributed by atoms with Crippen LogP contribution in [0.3, 0.4) is 0 Å². The van der Waals surface area contributed by atoms with E-state index in [0.29, 0.717) is 31.4 Å². The summed E-state index contributed by atoms with van der Waals surface area (Å²) in [6, 6.07) is 8.10. The first-order valence-electron chi connectivity index (χ1n) is 5.50. The lowest BCUT2D eigenvalue weighted by molar-refractivity contribution is 0.0697. The van der Waals surface area contributed by atoms with Gasteiger partial charge in [-0.3, -0.25) is 0 Å². The van der Waals surface area contributed by atoms with Crippen molar-refractivity contribution >= 4 is 45.1 Å². The van der Waals surface area contributed by atoms with Crippen LogP contribution in [0.15, 0.2) is 34.8 Å². The molecule has 0 saturated heterocycles. The van der Waals surface area contributed by atoms with E-state index in [-0.39, 0.29) is 5.56 Å². The van der Waals surface area contributed by atoms with Crippen molar-refractivity contribution in [3.05, 3.63) is 50.4 Å². The fraction of sp³-hybridized carbons (Fsp3) is 0.0714. The molecule has 0 fully saturated rings. The molecule has 3 nitrogen and oxygen atoms in total. The Balaban J connectivity index is 2.69. The van der Waals surface area contributed by atoms with Gasteiger partial charge in [-0.1, -0.05) is 45.2 Å². The van der Waals surface area contributed by atoms with E-state index in [4.69, 9.17) is 27.9 Å². The number of rotatable bonds is 3. The molecule has 0 aliphatic rings. The van der Waals surface area contributed by atoms with Crippen LogP contribution in [0, 0.1) is 0 Å². The molecule has 0 radical (unpaired) electrons. The standard InChI is InChI=1S/C14H9BrCl2O3/c1-20-13-6-11(16)9(5-12(13)17)8-3-2-7(15)4-10(8)14(18)19/h2-6H,1H3,(H,18,19). The highest BCUT2D eigenvalue weighted by Gasteiger charge is 2.16. The molecule has 104 valence electrons. The Morgan fingerprint density at radius 3 is 2.45 bits per heavy atom. The minimum atomic E-state index is -1.04. The first kappa shape index (κ1) is 15.2. The number of carboxylic acids is 1. The van der Waals surface area contributed by atoms with Crippen molar-refractivity contribution < 1.29 is 14.6 Å². The smallest absolute Gasteiger partial charge is 0.336 e. The van der Waals surface area contributed by atoms with E-state index in [1.165, 1.54) is 13.2 Å². The van der Waals surface area contributed by atoms with Crippen molar-refractivity contribution in [2.24, 2.45) is 0 Å². The highest BCUT2D eigenvalue weighted by molar-refractivity contribution is 9.10. The van der Waals surface area contributed by atoms with Gasteiger partial charge in [-0.2, -0.15) is 0 Å². The van der Waals surface area contributed by atoms with Gasteiger partial charge in [0.1, 0.15) is 5.75 Å². The first-order chi connectivity index (χ1) is 9.43. The molecule has 0 spiro atoms. The average Bonchev–Trinajstić information content (AvgIpc) is 2.41. The summed E-state index contributed by atoms with van der Waals surface area (Å²) in [6.45, 7) is 0. The summed E-state index contributed by atoms with van der Waals surface area (Å²) >= 11 is 15.5. The Morgan fingerprint density at radius 1 is 1.15 bits per heavy atom. The second kappa shape index (κ2) is 6.04. The summed E-state index contributed by atoms with van der Waals surface area (Å²) in [6.07, 6.45) is 0. The molecule has 0 atom stereocenters. The van der Waals surface area contributed by atoms with E-state index >= 15 is 0 Å². The molecule has 1 N–H and O–H groups in total. The van der Waals surface area contributed by atoms with Crippen LogP contribution in [0.25, 0.3) is 11.1 Å². The summed E-state index contributed by atoms with van der Waals surface area (Å²) < 4.78 is 5.75. The van der Waals surface area contributed by atoms with Gasteiger partial charge in [0, 0.05) is 16.1 Å². The fourth-order valence-electron chi connectivity index (χ4n) is 1.82. The van der Waals surface area contributed by atoms with E-state index in [9.17, 15) is 9.90 Å². The maximum atomic E-state index is 11.3. The van der Waals surface area contributed by atoms with Crippen LogP contribution < -0.4 is 4.74 Å². The van der Waals surface area contributed by atoms with E-state index in [0.717, 1.165) is 0 Å². The number of aromatic carboxylic acids is 1. The zero-order chi connectivity index (χ0) is 14.9. The minimum absolute atomic E-state index is 0.141. The molecule has 0 heterocycles. The Hall–Kier alpha value is -1.23. The molecule has 2 aromatic rings. The predicted octanol–water partition coefficient (Wildman–Crippen LogP) is 5.13. The van der Waals surface area contributed by atoms with E-state index in [2.05, 4.69) is 15.9 Å². The maximum absolute atomic E-state index is 11.3. The molecule has 0 unspecified atom stereocenters. The summed E-state index contributed by atoms with van der Waals surface area (Å²) in [4.78, 5) is 11.3. The molecule has 0 aromatic heterocycles. The van der Waals surface area contributed by atoms with Gasteiger partial charge in [0.05, 0.1) is 22.7 Å². The molecular weight excluding hydrogens is 367 g/mol. The Kier molecular flexibility index (Phi) is 4.58. The highest BCUT2D eigenvalue weighted by atomic mass is 79.9. The van der Waals surface area contributed by atoms with Crippen molar-refractivity contribution in [3.8, 4) is 16.9 Å². The fourth-order valence-corrected chi connectivity index (χ4v) is 2.68. The van der Waals surface area contributed by atoms with Crippen molar-refractivity contribution in [2.45, 2.75) is 0 Å². The third-order valence-electron chi connectivity index (χ3n) is 2.74. The van der Waals surface area contributed by atoms with Crippen LogP contribution in [0.2, 0.25) is 10.0 Å². The molecule has 0 aliphatic heterocycles. The number of hydrogen-bond donors (Lipinski definition) is 1. The third kappa shape index (κ3) is 2.92. The zero-order valence-corrected chi connectivity index (χ0v) is 13.4. The summed E-state index contributed by atoms with van der Waals surface area (Å²) in [7, 11) is 1.49. The van der Waals surface area contributed by atoms with Gasteiger partial charge in [0.15, 0.2) is 0 Å². The minimum Gasteiger partial charge on any atom is -0.495 e. The molecular formula is C14H9BrCl2O3. The number of methoxy groups -OCH3 is 1. The number of hydrogen-bond acceptors (Lipinski definition) is 2. The molecule has 0 saturated carbocycles. The van der Waals surface area contributed by atoms with Crippen molar-refractivity contribution in [2.75, 3.05) is 7.11 Å². The van der Waals surface area contributed by atoms with Crippen LogP contribution in [0.1, 0.15) is 10.4 Å². The van der Waals surface area contributed by atoms with Crippen LogP contribution in [-0.2, 0) is 0 Å². The molecule has 0 aliphatic carbocycles. The summed E-state index contributed by atoms with van der Waals surface area (Å²) in [5.41, 5.74) is 1.18. The lowest BCUT2D eigenvalue weighted by Gasteiger charge is -2.11. The zero-order valence-electron chi connectivity index (χ0n) is 10.3. The van der Waals surface area contributed by atoms with Crippen LogP contribution in [0.4, 0.5) is 0 Å². The van der Waals surface area contributed by atoms with E-state index < -0.39 is 5.97 Å². The van der Waals surface area contributed by atoms with Gasteiger partial charge in [-0.15, -0.1) is 0 Å². The van der Waals surface area contributed by atoms with Gasteiger partial charge in [-0.25, -0.2) is 4.79 Å². The van der Waals surface area contributed by atoms with Gasteiger partial charge in [0.2, 0.25) is 0 Å². The molecule has 0 amide bonds. The Morgan fingerprint density at radius 2 is 1.85 bits per heavy atom. The number of carboxylic acid groups (broad SMARTS) is 1. The molecule has 6 heteroatoms. The van der Waals surface area contributed by atoms with Gasteiger partial charge in [-0.05, 0) is 23.8 Å². The Bertz CT molecular complexity index is 686. The number of ether oxygens (including phenoxy) is 1. The SMILES string of the molecule is COc1cc(Cl)c(-c2ccc(Br)cc2C(=O)O)cc1Cl. The molecule has 0 bridgehead atoms.